The number of ketones is 1. The third kappa shape index (κ3) is 3.93. The van der Waals surface area contributed by atoms with Crippen molar-refractivity contribution in [1.82, 2.24) is 0 Å². The Morgan fingerprint density at radius 1 is 0.969 bits per heavy atom. The van der Waals surface area contributed by atoms with Crippen molar-refractivity contribution in [2.75, 3.05) is 18.6 Å². The number of imide groups is 1. The lowest BCUT2D eigenvalue weighted by atomic mass is 9.78. The Hall–Kier alpha value is -3.74. The van der Waals surface area contributed by atoms with E-state index in [1.165, 1.54) is 24.1 Å². The van der Waals surface area contributed by atoms with Crippen LogP contribution in [-0.4, -0.2) is 37.3 Å². The lowest BCUT2D eigenvalue weighted by Gasteiger charge is -2.22. The van der Waals surface area contributed by atoms with Gasteiger partial charge in [-0.15, -0.1) is 0 Å². The van der Waals surface area contributed by atoms with E-state index in [2.05, 4.69) is 0 Å². The number of carbonyl (C=O) groups excluding carboxylic acids is 4. The highest BCUT2D eigenvalue weighted by molar-refractivity contribution is 6.22. The minimum absolute atomic E-state index is 0.00712. The van der Waals surface area contributed by atoms with E-state index in [9.17, 15) is 19.2 Å². The Kier molecular flexibility index (Phi) is 5.90. The molecule has 1 fully saturated rings. The van der Waals surface area contributed by atoms with Crippen LogP contribution in [0.15, 0.2) is 60.7 Å². The molecular weight excluding hydrogens is 410 g/mol. The molecular formula is C25H23NO6. The lowest BCUT2D eigenvalue weighted by Crippen LogP contribution is -2.31. The van der Waals surface area contributed by atoms with Crippen molar-refractivity contribution >= 4 is 29.3 Å². The summed E-state index contributed by atoms with van der Waals surface area (Å²) in [5, 5.41) is 0. The SMILES string of the molecule is COc1ccc(C(=O)COC(=O)c2ccc(N3C(=O)[C@H]4[C@H](CC=C[C@@H]4C)C3=O)cc2)cc1. The summed E-state index contributed by atoms with van der Waals surface area (Å²) < 4.78 is 10.2. The van der Waals surface area contributed by atoms with Crippen LogP contribution in [0.25, 0.3) is 0 Å². The van der Waals surface area contributed by atoms with E-state index >= 15 is 0 Å². The zero-order valence-corrected chi connectivity index (χ0v) is 17.8. The third-order valence-electron chi connectivity index (χ3n) is 5.98. The molecule has 2 aromatic carbocycles. The number of ether oxygens (including phenoxy) is 2. The fourth-order valence-electron chi connectivity index (χ4n) is 4.22. The summed E-state index contributed by atoms with van der Waals surface area (Å²) >= 11 is 0. The number of carbonyl (C=O) groups is 4. The number of fused-ring (bicyclic) bond motifs is 1. The number of hydrogen-bond acceptors (Lipinski definition) is 6. The quantitative estimate of drug-likeness (QED) is 0.300. The summed E-state index contributed by atoms with van der Waals surface area (Å²) in [5.41, 5.74) is 1.06. The van der Waals surface area contributed by atoms with E-state index in [0.717, 1.165) is 0 Å². The summed E-state index contributed by atoms with van der Waals surface area (Å²) in [6, 6.07) is 12.6. The zero-order chi connectivity index (χ0) is 22.8. The van der Waals surface area contributed by atoms with E-state index in [1.807, 2.05) is 19.1 Å². The van der Waals surface area contributed by atoms with Gasteiger partial charge in [-0.05, 0) is 60.9 Å². The molecule has 2 aliphatic rings. The number of nitrogens with zero attached hydrogens (tertiary/aromatic N) is 1. The fourth-order valence-corrected chi connectivity index (χ4v) is 4.22. The van der Waals surface area contributed by atoms with E-state index in [1.54, 1.807) is 36.4 Å². The van der Waals surface area contributed by atoms with E-state index in [4.69, 9.17) is 9.47 Å². The zero-order valence-electron chi connectivity index (χ0n) is 17.8. The molecule has 0 aromatic heterocycles. The average molecular weight is 433 g/mol. The van der Waals surface area contributed by atoms with Crippen LogP contribution >= 0.6 is 0 Å². The number of anilines is 1. The third-order valence-corrected chi connectivity index (χ3v) is 5.98. The van der Waals surface area contributed by atoms with Gasteiger partial charge in [0.05, 0.1) is 30.2 Å². The first kappa shape index (κ1) is 21.5. The van der Waals surface area contributed by atoms with Crippen molar-refractivity contribution in [3.05, 3.63) is 71.8 Å². The first-order chi connectivity index (χ1) is 15.4. The maximum absolute atomic E-state index is 12.9. The fraction of sp³-hybridized carbons (Fsp3) is 0.280. The molecule has 1 aliphatic carbocycles. The van der Waals surface area contributed by atoms with Crippen molar-refractivity contribution in [1.29, 1.82) is 0 Å². The minimum atomic E-state index is -0.663. The Balaban J connectivity index is 1.40. The van der Waals surface area contributed by atoms with Crippen LogP contribution in [0.4, 0.5) is 5.69 Å². The molecule has 32 heavy (non-hydrogen) atoms. The molecule has 0 saturated carbocycles. The number of benzene rings is 2. The standard InChI is InChI=1S/C25H23NO6/c1-15-4-3-5-20-22(15)24(29)26(23(20)28)18-10-6-17(7-11-18)25(30)32-14-21(27)16-8-12-19(31-2)13-9-16/h3-4,6-13,15,20,22H,5,14H2,1-2H3/t15-,20-,22+/m0/s1. The number of hydrogen-bond donors (Lipinski definition) is 0. The van der Waals surface area contributed by atoms with Crippen molar-refractivity contribution in [2.45, 2.75) is 13.3 Å². The molecule has 1 aliphatic heterocycles. The van der Waals surface area contributed by atoms with Gasteiger partial charge in [-0.25, -0.2) is 4.79 Å². The van der Waals surface area contributed by atoms with Crippen LogP contribution in [0, 0.1) is 17.8 Å². The van der Waals surface area contributed by atoms with Gasteiger partial charge in [0.25, 0.3) is 0 Å². The van der Waals surface area contributed by atoms with Crippen molar-refractivity contribution in [2.24, 2.45) is 17.8 Å². The van der Waals surface area contributed by atoms with Crippen molar-refractivity contribution in [3.63, 3.8) is 0 Å². The predicted molar refractivity (Wildman–Crippen MR) is 116 cm³/mol. The van der Waals surface area contributed by atoms with Gasteiger partial charge in [0.1, 0.15) is 5.75 Å². The Labute approximate surface area is 185 Å². The Morgan fingerprint density at radius 2 is 1.62 bits per heavy atom. The van der Waals surface area contributed by atoms with Crippen LogP contribution in [0.5, 0.6) is 5.75 Å². The molecule has 7 heteroatoms. The number of allylic oxidation sites excluding steroid dienone is 2. The van der Waals surface area contributed by atoms with E-state index in [-0.39, 0.29) is 40.9 Å². The molecule has 2 aromatic rings. The number of esters is 1. The van der Waals surface area contributed by atoms with Gasteiger partial charge >= 0.3 is 5.97 Å². The summed E-state index contributed by atoms with van der Waals surface area (Å²) in [6.07, 6.45) is 4.48. The smallest absolute Gasteiger partial charge is 0.338 e. The molecule has 0 bridgehead atoms. The summed E-state index contributed by atoms with van der Waals surface area (Å²) in [4.78, 5) is 51.4. The number of Topliss-reactive ketones (excluding diaryl/α,β-unsaturated/α-hetero) is 1. The van der Waals surface area contributed by atoms with Gasteiger partial charge < -0.3 is 9.47 Å². The first-order valence-corrected chi connectivity index (χ1v) is 10.4. The summed E-state index contributed by atoms with van der Waals surface area (Å²) in [5.74, 6) is -1.47. The van der Waals surface area contributed by atoms with Crippen LogP contribution in [0.2, 0.25) is 0 Å². The second-order valence-corrected chi connectivity index (χ2v) is 7.94. The molecule has 1 saturated heterocycles. The highest BCUT2D eigenvalue weighted by Crippen LogP contribution is 2.40. The number of methoxy groups -OCH3 is 1. The number of amides is 2. The Bertz CT molecular complexity index is 1090. The molecule has 0 radical (unpaired) electrons. The van der Waals surface area contributed by atoms with Crippen LogP contribution in [-0.2, 0) is 14.3 Å². The monoisotopic (exact) mass is 433 g/mol. The molecule has 0 unspecified atom stereocenters. The predicted octanol–water partition coefficient (Wildman–Crippen LogP) is 3.44. The van der Waals surface area contributed by atoms with Gasteiger partial charge in [0.2, 0.25) is 11.8 Å². The molecule has 1 heterocycles. The maximum atomic E-state index is 12.9. The highest BCUT2D eigenvalue weighted by Gasteiger charge is 2.50. The van der Waals surface area contributed by atoms with Gasteiger partial charge in [-0.1, -0.05) is 19.1 Å². The Morgan fingerprint density at radius 3 is 2.25 bits per heavy atom. The van der Waals surface area contributed by atoms with Crippen LogP contribution in [0.1, 0.15) is 34.1 Å². The van der Waals surface area contributed by atoms with Crippen LogP contribution < -0.4 is 9.64 Å². The van der Waals surface area contributed by atoms with Gasteiger partial charge in [0.15, 0.2) is 12.4 Å². The molecule has 3 atom stereocenters. The second kappa shape index (κ2) is 8.78. The van der Waals surface area contributed by atoms with E-state index in [0.29, 0.717) is 23.4 Å². The van der Waals surface area contributed by atoms with Crippen molar-refractivity contribution in [3.8, 4) is 5.75 Å². The first-order valence-electron chi connectivity index (χ1n) is 10.4. The molecule has 0 spiro atoms. The molecule has 7 nitrogen and oxygen atoms in total. The van der Waals surface area contributed by atoms with Gasteiger partial charge in [-0.3, -0.25) is 19.3 Å². The molecule has 164 valence electrons. The molecule has 0 N–H and O–H groups in total. The van der Waals surface area contributed by atoms with Crippen molar-refractivity contribution < 1.29 is 28.7 Å². The molecule has 4 rings (SSSR count). The summed E-state index contributed by atoms with van der Waals surface area (Å²) in [6.45, 7) is 1.54. The lowest BCUT2D eigenvalue weighted by molar-refractivity contribution is -0.122. The summed E-state index contributed by atoms with van der Waals surface area (Å²) in [7, 11) is 1.53. The number of rotatable bonds is 6. The highest BCUT2D eigenvalue weighted by atomic mass is 16.5. The topological polar surface area (TPSA) is 90.0 Å². The largest absolute Gasteiger partial charge is 0.497 e. The minimum Gasteiger partial charge on any atom is -0.497 e. The van der Waals surface area contributed by atoms with Gasteiger partial charge in [0, 0.05) is 5.56 Å². The average Bonchev–Trinajstić information content (AvgIpc) is 3.08. The van der Waals surface area contributed by atoms with E-state index < -0.39 is 12.6 Å². The van der Waals surface area contributed by atoms with Crippen LogP contribution in [0.3, 0.4) is 0 Å². The second-order valence-electron chi connectivity index (χ2n) is 7.94. The van der Waals surface area contributed by atoms with Gasteiger partial charge in [-0.2, -0.15) is 0 Å². The molecule has 2 amide bonds. The maximum Gasteiger partial charge on any atom is 0.338 e. The normalized spacial score (nSPS) is 21.9.